The number of rotatable bonds is 3. The summed E-state index contributed by atoms with van der Waals surface area (Å²) in [6.07, 6.45) is 1.76. The molecule has 0 bridgehead atoms. The second-order valence-electron chi connectivity index (χ2n) is 4.74. The van der Waals surface area contributed by atoms with Crippen molar-refractivity contribution in [1.29, 1.82) is 0 Å². The number of thiophene rings is 1. The van der Waals surface area contributed by atoms with Crippen molar-refractivity contribution in [2.75, 3.05) is 11.6 Å². The number of halogens is 1. The van der Waals surface area contributed by atoms with Gasteiger partial charge in [-0.3, -0.25) is 10.1 Å². The molecule has 0 saturated carbocycles. The van der Waals surface area contributed by atoms with Crippen LogP contribution in [0.2, 0.25) is 0 Å². The standard InChI is InChI=1S/C14H12FN3O3S2/c1-7-16-10-6-12(22-2)23-13(10)14(17-7)21-11-4-3-8(18(19)20)5-9(11)15/h3-7,16H,1-2H3. The normalized spacial score (nSPS) is 16.3. The van der Waals surface area contributed by atoms with Gasteiger partial charge < -0.3 is 10.1 Å². The van der Waals surface area contributed by atoms with Crippen LogP contribution in [0.5, 0.6) is 5.75 Å². The van der Waals surface area contributed by atoms with Crippen molar-refractivity contribution in [2.24, 2.45) is 4.99 Å². The molecule has 0 amide bonds. The van der Waals surface area contributed by atoms with E-state index in [1.807, 2.05) is 19.2 Å². The molecular weight excluding hydrogens is 341 g/mol. The molecule has 1 aromatic heterocycles. The number of fused-ring (bicyclic) bond motifs is 1. The van der Waals surface area contributed by atoms with E-state index in [0.29, 0.717) is 5.90 Å². The molecule has 0 fully saturated rings. The molecule has 0 spiro atoms. The maximum atomic E-state index is 14.0. The van der Waals surface area contributed by atoms with E-state index < -0.39 is 10.7 Å². The minimum absolute atomic E-state index is 0.0894. The molecule has 3 rings (SSSR count). The van der Waals surface area contributed by atoms with Gasteiger partial charge in [-0.15, -0.1) is 23.1 Å². The topological polar surface area (TPSA) is 76.8 Å². The van der Waals surface area contributed by atoms with Crippen molar-refractivity contribution < 1.29 is 14.1 Å². The van der Waals surface area contributed by atoms with Crippen molar-refractivity contribution in [3.05, 3.63) is 45.1 Å². The van der Waals surface area contributed by atoms with Crippen molar-refractivity contribution in [3.63, 3.8) is 0 Å². The van der Waals surface area contributed by atoms with E-state index in [0.717, 1.165) is 20.8 Å². The number of hydrogen-bond donors (Lipinski definition) is 1. The number of nitrogens with zero attached hydrogens (tertiary/aromatic N) is 2. The van der Waals surface area contributed by atoms with Crippen molar-refractivity contribution in [2.45, 2.75) is 17.3 Å². The first kappa shape index (κ1) is 15.8. The third-order valence-corrected chi connectivity index (χ3v) is 5.30. The molecule has 120 valence electrons. The van der Waals surface area contributed by atoms with E-state index in [-0.39, 0.29) is 17.6 Å². The highest BCUT2D eigenvalue weighted by Crippen LogP contribution is 2.37. The van der Waals surface area contributed by atoms with Gasteiger partial charge in [-0.25, -0.2) is 9.38 Å². The van der Waals surface area contributed by atoms with E-state index in [1.54, 1.807) is 11.8 Å². The number of benzene rings is 1. The summed E-state index contributed by atoms with van der Waals surface area (Å²) >= 11 is 3.09. The third kappa shape index (κ3) is 3.15. The van der Waals surface area contributed by atoms with Crippen LogP contribution in [0.15, 0.2) is 33.5 Å². The Balaban J connectivity index is 1.93. The summed E-state index contributed by atoms with van der Waals surface area (Å²) in [5.74, 6) is -0.575. The predicted octanol–water partition coefficient (Wildman–Crippen LogP) is 4.11. The maximum Gasteiger partial charge on any atom is 0.272 e. The fourth-order valence-corrected chi connectivity index (χ4v) is 3.70. The van der Waals surface area contributed by atoms with Crippen molar-refractivity contribution >= 4 is 40.4 Å². The van der Waals surface area contributed by atoms with Gasteiger partial charge in [0.1, 0.15) is 11.0 Å². The molecule has 9 heteroatoms. The lowest BCUT2D eigenvalue weighted by molar-refractivity contribution is -0.385. The Morgan fingerprint density at radius 1 is 1.48 bits per heavy atom. The number of anilines is 1. The van der Waals surface area contributed by atoms with Gasteiger partial charge in [0.2, 0.25) is 5.90 Å². The average molecular weight is 353 g/mol. The van der Waals surface area contributed by atoms with E-state index >= 15 is 0 Å². The van der Waals surface area contributed by atoms with Crippen LogP contribution < -0.4 is 10.1 Å². The minimum atomic E-state index is -0.795. The lowest BCUT2D eigenvalue weighted by atomic mass is 10.3. The van der Waals surface area contributed by atoms with Gasteiger partial charge in [0, 0.05) is 6.07 Å². The Kier molecular flexibility index (Phi) is 4.22. The molecule has 0 saturated heterocycles. The highest BCUT2D eigenvalue weighted by Gasteiger charge is 2.24. The highest BCUT2D eigenvalue weighted by atomic mass is 32.2. The fourth-order valence-electron chi connectivity index (χ4n) is 2.09. The van der Waals surface area contributed by atoms with Gasteiger partial charge in [-0.2, -0.15) is 0 Å². The van der Waals surface area contributed by atoms with Crippen LogP contribution in [0, 0.1) is 15.9 Å². The summed E-state index contributed by atoms with van der Waals surface area (Å²) in [6, 6.07) is 5.27. The number of non-ortho nitro benzene ring substituents is 1. The van der Waals surface area contributed by atoms with Crippen LogP contribution in [-0.2, 0) is 0 Å². The predicted molar refractivity (Wildman–Crippen MR) is 89.4 cm³/mol. The van der Waals surface area contributed by atoms with Gasteiger partial charge >= 0.3 is 0 Å². The molecule has 6 nitrogen and oxygen atoms in total. The monoisotopic (exact) mass is 353 g/mol. The first-order valence-corrected chi connectivity index (χ1v) is 8.66. The number of nitro benzene ring substituents is 1. The largest absolute Gasteiger partial charge is 0.435 e. The number of thioether (sulfide) groups is 1. The van der Waals surface area contributed by atoms with Gasteiger partial charge in [0.05, 0.1) is 20.9 Å². The molecule has 1 aliphatic rings. The molecule has 2 heterocycles. The Morgan fingerprint density at radius 2 is 2.26 bits per heavy atom. The van der Waals surface area contributed by atoms with Crippen LogP contribution in [-0.4, -0.2) is 23.2 Å². The summed E-state index contributed by atoms with van der Waals surface area (Å²) in [4.78, 5) is 15.1. The quantitative estimate of drug-likeness (QED) is 0.510. The minimum Gasteiger partial charge on any atom is -0.435 e. The van der Waals surface area contributed by atoms with Gasteiger partial charge in [-0.1, -0.05) is 0 Å². The summed E-state index contributed by atoms with van der Waals surface area (Å²) < 4.78 is 20.7. The van der Waals surface area contributed by atoms with E-state index in [9.17, 15) is 14.5 Å². The Labute approximate surface area is 139 Å². The first-order valence-electron chi connectivity index (χ1n) is 6.62. The second-order valence-corrected chi connectivity index (χ2v) is 6.90. The van der Waals surface area contributed by atoms with Gasteiger partial charge in [0.15, 0.2) is 11.6 Å². The second kappa shape index (κ2) is 6.17. The highest BCUT2D eigenvalue weighted by molar-refractivity contribution is 8.00. The zero-order chi connectivity index (χ0) is 16.6. The molecule has 2 aromatic rings. The number of hydrogen-bond acceptors (Lipinski definition) is 7. The number of aliphatic imine (C=N–C) groups is 1. The first-order chi connectivity index (χ1) is 11.0. The molecule has 1 unspecified atom stereocenters. The molecule has 0 aliphatic carbocycles. The van der Waals surface area contributed by atoms with E-state index in [4.69, 9.17) is 4.74 Å². The summed E-state index contributed by atoms with van der Waals surface area (Å²) in [5, 5.41) is 13.9. The average Bonchev–Trinajstić information content (AvgIpc) is 2.92. The van der Waals surface area contributed by atoms with Crippen LogP contribution >= 0.6 is 23.1 Å². The lowest BCUT2D eigenvalue weighted by Crippen LogP contribution is -2.25. The van der Waals surface area contributed by atoms with Crippen LogP contribution in [0.1, 0.15) is 11.8 Å². The molecular formula is C14H12FN3O3S2. The summed E-state index contributed by atoms with van der Waals surface area (Å²) in [6.45, 7) is 1.86. The Hall–Kier alpha value is -2.13. The number of nitrogens with one attached hydrogen (secondary N) is 1. The molecule has 1 N–H and O–H groups in total. The van der Waals surface area contributed by atoms with Crippen molar-refractivity contribution in [1.82, 2.24) is 0 Å². The van der Waals surface area contributed by atoms with Gasteiger partial charge in [0.25, 0.3) is 5.69 Å². The Morgan fingerprint density at radius 3 is 2.91 bits per heavy atom. The molecule has 1 aromatic carbocycles. The maximum absolute atomic E-state index is 14.0. The number of nitro groups is 1. The van der Waals surface area contributed by atoms with E-state index in [1.165, 1.54) is 23.5 Å². The van der Waals surface area contributed by atoms with E-state index in [2.05, 4.69) is 10.3 Å². The fraction of sp³-hybridized carbons (Fsp3) is 0.214. The van der Waals surface area contributed by atoms with Crippen molar-refractivity contribution in [3.8, 4) is 5.75 Å². The third-order valence-electron chi connectivity index (χ3n) is 3.11. The Bertz CT molecular complexity index is 807. The van der Waals surface area contributed by atoms with Crippen LogP contribution in [0.3, 0.4) is 0 Å². The number of ether oxygens (including phenoxy) is 1. The molecule has 23 heavy (non-hydrogen) atoms. The molecule has 1 atom stereocenters. The van der Waals surface area contributed by atoms with Crippen LogP contribution in [0.25, 0.3) is 0 Å². The molecule has 1 aliphatic heterocycles. The summed E-state index contributed by atoms with van der Waals surface area (Å²) in [5.41, 5.74) is 0.566. The molecule has 0 radical (unpaired) electrons. The SMILES string of the molecule is CSc1cc2c(s1)C(Oc1ccc([N+](=O)[O-])cc1F)=NC(C)N2. The zero-order valence-corrected chi connectivity index (χ0v) is 13.8. The zero-order valence-electron chi connectivity index (χ0n) is 12.2. The lowest BCUT2D eigenvalue weighted by Gasteiger charge is -2.20. The smallest absolute Gasteiger partial charge is 0.272 e. The van der Waals surface area contributed by atoms with Crippen LogP contribution in [0.4, 0.5) is 15.8 Å². The summed E-state index contributed by atoms with van der Waals surface area (Å²) in [7, 11) is 0. The van der Waals surface area contributed by atoms with Gasteiger partial charge in [-0.05, 0) is 25.3 Å².